The summed E-state index contributed by atoms with van der Waals surface area (Å²) in [4.78, 5) is 137. The highest BCUT2D eigenvalue weighted by Crippen LogP contribution is 2.43. The first-order chi connectivity index (χ1) is 54.7. The fraction of sp³-hybridized carbons (Fsp3) is 0.506. The Labute approximate surface area is 658 Å². The molecule has 4 aliphatic rings. The maximum absolute atomic E-state index is 15.4. The summed E-state index contributed by atoms with van der Waals surface area (Å²) < 4.78 is 128. The zero-order valence-corrected chi connectivity index (χ0v) is 64.7. The number of aliphatic hydroxyl groups is 1. The van der Waals surface area contributed by atoms with Crippen molar-refractivity contribution in [2.24, 2.45) is 0 Å². The van der Waals surface area contributed by atoms with Crippen molar-refractivity contribution < 1.29 is 148 Å². The molecule has 33 heteroatoms. The number of carbonyl (C=O) groups excluding carboxylic acids is 10. The molecule has 4 heterocycles. The van der Waals surface area contributed by atoms with Gasteiger partial charge in [0.05, 0.1) is 64.8 Å². The Hall–Kier alpha value is -9.72. The second-order valence-corrected chi connectivity index (χ2v) is 27.2. The van der Waals surface area contributed by atoms with Crippen LogP contribution < -0.4 is 10.6 Å². The first kappa shape index (κ1) is 88.2. The van der Waals surface area contributed by atoms with Crippen LogP contribution in [0.4, 0.5) is 0 Å². The first-order valence-electron chi connectivity index (χ1n) is 37.0. The summed E-state index contributed by atoms with van der Waals surface area (Å²) in [5.74, 6) is -13.7. The summed E-state index contributed by atoms with van der Waals surface area (Å²) in [5, 5.41) is 19.0. The lowest BCUT2D eigenvalue weighted by atomic mass is 9.87. The van der Waals surface area contributed by atoms with Crippen LogP contribution in [0.25, 0.3) is 0 Å². The second-order valence-electron chi connectivity index (χ2n) is 27.2. The monoisotopic (exact) mass is 1590 g/mol. The molecule has 0 unspecified atom stereocenters. The number of aliphatic hydroxyl groups excluding tert-OH is 1. The lowest BCUT2D eigenvalue weighted by Gasteiger charge is -2.53. The van der Waals surface area contributed by atoms with E-state index in [0.717, 1.165) is 79.2 Å². The zero-order chi connectivity index (χ0) is 82.0. The zero-order valence-electron chi connectivity index (χ0n) is 64.7. The summed E-state index contributed by atoms with van der Waals surface area (Å²) in [7, 11) is 0.871. The van der Waals surface area contributed by atoms with E-state index in [2.05, 4.69) is 10.6 Å². The number of nitrogens with one attached hydrogen (secondary N) is 2. The lowest BCUT2D eigenvalue weighted by molar-refractivity contribution is -0.388. The first-order valence-corrected chi connectivity index (χ1v) is 37.0. The fourth-order valence-electron chi connectivity index (χ4n) is 13.6. The Bertz CT molecular complexity index is 3940. The van der Waals surface area contributed by atoms with E-state index in [1.165, 1.54) is 24.3 Å². The van der Waals surface area contributed by atoms with Crippen molar-refractivity contribution in [3.63, 3.8) is 0 Å². The van der Waals surface area contributed by atoms with E-state index in [-0.39, 0.29) is 45.2 Å². The summed E-state index contributed by atoms with van der Waals surface area (Å²) >= 11 is 0. The minimum Gasteiger partial charge on any atom is -0.465 e. The minimum atomic E-state index is -3.21. The van der Waals surface area contributed by atoms with Gasteiger partial charge >= 0.3 is 47.8 Å². The van der Waals surface area contributed by atoms with Crippen molar-refractivity contribution in [1.82, 2.24) is 10.6 Å². The van der Waals surface area contributed by atoms with Crippen LogP contribution in [0, 0.1) is 0 Å². The van der Waals surface area contributed by atoms with Crippen LogP contribution in [-0.2, 0) is 164 Å². The van der Waals surface area contributed by atoms with Crippen molar-refractivity contribution in [1.29, 1.82) is 0 Å². The van der Waals surface area contributed by atoms with E-state index in [4.69, 9.17) is 94.7 Å². The molecule has 0 radical (unpaired) electrons. The number of hydrogen-bond acceptors (Lipinski definition) is 31. The molecular formula is C81H98N2O31. The van der Waals surface area contributed by atoms with Gasteiger partial charge in [-0.3, -0.25) is 38.4 Å². The Morgan fingerprint density at radius 3 is 1.44 bits per heavy atom. The van der Waals surface area contributed by atoms with E-state index in [1.54, 1.807) is 43.3 Å². The number of amides is 2. The third kappa shape index (κ3) is 25.1. The molecule has 114 heavy (non-hydrogen) atoms. The van der Waals surface area contributed by atoms with E-state index >= 15 is 9.59 Å². The third-order valence-electron chi connectivity index (χ3n) is 18.3. The smallest absolute Gasteiger partial charge is 0.366 e. The van der Waals surface area contributed by atoms with Gasteiger partial charge in [0.2, 0.25) is 11.8 Å². The van der Waals surface area contributed by atoms with Crippen LogP contribution in [0.1, 0.15) is 101 Å². The Kier molecular flexibility index (Phi) is 33.4. The standard InChI is InChI=1S/C81H98N2O31/c1-11-98-78-74(102-41-57-33-23-15-24-34-57)72(68(101-40-56-31-21-14-22-32-56)61(108-78)43-97-39-55-29-19-13-20-30-55)112-77-65(83-47(3)85)66(92)67(60(107-77)42-96-38-54-27-17-12-18-28-54)111-79-75(110-76(93)58-35-25-16-26-36-58)73(70(106-53(9)91)63(109-79)45-100-49(5)87)114-81(80(94)95-10)37-59(103-50(6)88)64(82-46(2)84)71(113-81)69(105-52(8)90)62(104-51(7)89)44-99-48(4)86/h12-36,59-75,77-79,92H,11,37-45H2,1-10H3,(H,82,84)(H,83,85)/t59-,60-,61-,62-,63-,64-,65-,66-,67-,68+,69-,70+,71+,72+,73+,74-,75-,77+,78-,79+,81+/m1/s1. The lowest BCUT2D eigenvalue weighted by Crippen LogP contribution is -2.72. The van der Waals surface area contributed by atoms with Gasteiger partial charge < -0.3 is 110 Å². The predicted molar refractivity (Wildman–Crippen MR) is 391 cm³/mol. The van der Waals surface area contributed by atoms with Gasteiger partial charge in [-0.25, -0.2) is 9.59 Å². The summed E-state index contributed by atoms with van der Waals surface area (Å²) in [6.07, 6.45) is -33.2. The van der Waals surface area contributed by atoms with Crippen molar-refractivity contribution in [2.75, 3.05) is 40.1 Å². The number of benzene rings is 5. The van der Waals surface area contributed by atoms with Gasteiger partial charge in [-0.1, -0.05) is 140 Å². The molecular weight excluding hydrogens is 1500 g/mol. The van der Waals surface area contributed by atoms with E-state index in [0.29, 0.717) is 5.56 Å². The normalized spacial score (nSPS) is 27.8. The van der Waals surface area contributed by atoms with Crippen molar-refractivity contribution in [3.05, 3.63) is 179 Å². The maximum Gasteiger partial charge on any atom is 0.366 e. The van der Waals surface area contributed by atoms with E-state index < -0.39 is 214 Å². The van der Waals surface area contributed by atoms with Crippen molar-refractivity contribution in [3.8, 4) is 0 Å². The van der Waals surface area contributed by atoms with E-state index in [1.807, 2.05) is 91.0 Å². The number of carbonyl (C=O) groups is 10. The number of hydrogen-bond donors (Lipinski definition) is 3. The summed E-state index contributed by atoms with van der Waals surface area (Å²) in [6, 6.07) is 40.6. The summed E-state index contributed by atoms with van der Waals surface area (Å²) in [6.45, 7) is 7.49. The predicted octanol–water partition coefficient (Wildman–Crippen LogP) is 5.06. The number of esters is 8. The molecule has 618 valence electrons. The molecule has 5 aromatic carbocycles. The number of ether oxygens (including phenoxy) is 20. The van der Waals surface area contributed by atoms with Gasteiger partial charge in [0.25, 0.3) is 5.79 Å². The number of methoxy groups -OCH3 is 1. The second kappa shape index (κ2) is 43.1. The van der Waals surface area contributed by atoms with Gasteiger partial charge in [0.15, 0.2) is 43.3 Å². The van der Waals surface area contributed by atoms with Crippen LogP contribution in [0.3, 0.4) is 0 Å². The van der Waals surface area contributed by atoms with Crippen molar-refractivity contribution in [2.45, 2.75) is 223 Å². The highest BCUT2D eigenvalue weighted by Gasteiger charge is 2.65. The molecule has 5 aromatic rings. The Morgan fingerprint density at radius 2 is 0.939 bits per heavy atom. The molecule has 0 aliphatic carbocycles. The molecule has 0 saturated carbocycles. The van der Waals surface area contributed by atoms with Crippen LogP contribution in [0.15, 0.2) is 152 Å². The average Bonchev–Trinajstić information content (AvgIpc) is 0.754. The molecule has 3 N–H and O–H groups in total. The van der Waals surface area contributed by atoms with Gasteiger partial charge in [-0.05, 0) is 41.3 Å². The molecule has 0 aromatic heterocycles. The fourth-order valence-corrected chi connectivity index (χ4v) is 13.6. The SMILES string of the molecule is CCO[C@@H]1O[C@H](COCc2ccccc2)[C@H](OCc2ccccc2)[C@H](O[C@@H]2O[C@H](COCc3ccccc3)[C@@H](O[C@@H]3O[C@H](COC(C)=O)[C@H](OC(C)=O)[C@H](O[C@]4(C(=O)OC)C[C@@H](OC(C)=O)[C@@H](NC(C)=O)[C@@H]([C@H](OC(C)=O)[C@@H](COC(C)=O)OC(C)=O)O4)[C@H]3OC(=O)c3ccccc3)[C@H](O)[C@H]2NC(C)=O)[C@H]1OCc1ccccc1. The molecule has 2 amide bonds. The number of rotatable bonds is 37. The van der Waals surface area contributed by atoms with Crippen LogP contribution in [0.2, 0.25) is 0 Å². The van der Waals surface area contributed by atoms with E-state index in [9.17, 15) is 43.5 Å². The molecule has 4 saturated heterocycles. The maximum atomic E-state index is 15.4. The molecule has 0 spiro atoms. The van der Waals surface area contributed by atoms with Gasteiger partial charge in [0, 0.05) is 62.0 Å². The van der Waals surface area contributed by atoms with Crippen LogP contribution in [0.5, 0.6) is 0 Å². The van der Waals surface area contributed by atoms with Gasteiger partial charge in [0.1, 0.15) is 86.4 Å². The minimum absolute atomic E-state index is 0.0244. The third-order valence-corrected chi connectivity index (χ3v) is 18.3. The highest BCUT2D eigenvalue weighted by molar-refractivity contribution is 5.89. The van der Waals surface area contributed by atoms with Crippen molar-refractivity contribution >= 4 is 59.6 Å². The molecule has 4 aliphatic heterocycles. The molecule has 33 nitrogen and oxygen atoms in total. The Morgan fingerprint density at radius 1 is 0.465 bits per heavy atom. The van der Waals surface area contributed by atoms with Crippen LogP contribution >= 0.6 is 0 Å². The molecule has 9 rings (SSSR count). The highest BCUT2D eigenvalue weighted by atomic mass is 16.8. The molecule has 0 bridgehead atoms. The molecule has 4 fully saturated rings. The van der Waals surface area contributed by atoms with Crippen LogP contribution in [-0.4, -0.2) is 233 Å². The summed E-state index contributed by atoms with van der Waals surface area (Å²) in [5.41, 5.74) is 2.85. The Balaban J connectivity index is 1.22. The average molecular weight is 1600 g/mol. The largest absolute Gasteiger partial charge is 0.465 e. The van der Waals surface area contributed by atoms with Gasteiger partial charge in [-0.15, -0.1) is 0 Å². The topological polar surface area (TPSA) is 400 Å². The quantitative estimate of drug-likeness (QED) is 0.0345. The van der Waals surface area contributed by atoms with Gasteiger partial charge in [-0.2, -0.15) is 0 Å². The molecule has 21 atom stereocenters.